The van der Waals surface area contributed by atoms with E-state index in [2.05, 4.69) is 31.7 Å². The van der Waals surface area contributed by atoms with Crippen LogP contribution in [0.15, 0.2) is 15.5 Å². The third-order valence-electron chi connectivity index (χ3n) is 2.96. The maximum Gasteiger partial charge on any atom is 0.283 e. The first-order chi connectivity index (χ1) is 8.72. The van der Waals surface area contributed by atoms with Gasteiger partial charge in [-0.3, -0.25) is 4.79 Å². The maximum atomic E-state index is 11.8. The molecule has 0 amide bonds. The molecule has 0 unspecified atom stereocenters. The lowest BCUT2D eigenvalue weighted by Gasteiger charge is -2.09. The fourth-order valence-corrected chi connectivity index (χ4v) is 2.17. The zero-order chi connectivity index (χ0) is 13.0. The molecule has 0 bridgehead atoms. The fourth-order valence-electron chi connectivity index (χ4n) is 1.72. The Kier molecular flexibility index (Phi) is 4.77. The first-order valence-electron chi connectivity index (χ1n) is 6.45. The molecule has 0 radical (unpaired) electrons. The third-order valence-corrected chi connectivity index (χ3v) is 3.73. The number of anilines is 1. The van der Waals surface area contributed by atoms with Gasteiger partial charge in [-0.15, -0.1) is 0 Å². The maximum absolute atomic E-state index is 11.8. The van der Waals surface area contributed by atoms with Crippen LogP contribution in [0.2, 0.25) is 0 Å². The van der Waals surface area contributed by atoms with Crippen LogP contribution in [0.3, 0.4) is 0 Å². The van der Waals surface area contributed by atoms with Crippen LogP contribution in [-0.4, -0.2) is 28.9 Å². The molecule has 18 heavy (non-hydrogen) atoms. The molecule has 0 aliphatic heterocycles. The third kappa shape index (κ3) is 3.55. The molecular formula is C12H19BrN4O. The van der Waals surface area contributed by atoms with Crippen molar-refractivity contribution in [3.8, 4) is 0 Å². The second-order valence-electron chi connectivity index (χ2n) is 4.50. The Morgan fingerprint density at radius 3 is 2.94 bits per heavy atom. The molecule has 0 saturated heterocycles. The minimum absolute atomic E-state index is 0.0846. The normalized spacial score (nSPS) is 14.8. The summed E-state index contributed by atoms with van der Waals surface area (Å²) in [4.78, 5) is 11.8. The van der Waals surface area contributed by atoms with Gasteiger partial charge >= 0.3 is 0 Å². The lowest BCUT2D eigenvalue weighted by molar-refractivity contribution is 0.612. The van der Waals surface area contributed by atoms with E-state index in [0.29, 0.717) is 11.0 Å². The van der Waals surface area contributed by atoms with Crippen molar-refractivity contribution in [2.45, 2.75) is 38.8 Å². The average molecular weight is 315 g/mol. The highest BCUT2D eigenvalue weighted by molar-refractivity contribution is 9.10. The molecule has 1 aromatic rings. The number of aryl methyl sites for hydroxylation is 1. The van der Waals surface area contributed by atoms with Crippen LogP contribution in [0, 0.1) is 0 Å². The molecule has 1 heterocycles. The van der Waals surface area contributed by atoms with Crippen LogP contribution >= 0.6 is 15.9 Å². The summed E-state index contributed by atoms with van der Waals surface area (Å²) < 4.78 is 2.00. The predicted molar refractivity (Wildman–Crippen MR) is 76.0 cm³/mol. The number of hydrogen-bond acceptors (Lipinski definition) is 4. The highest BCUT2D eigenvalue weighted by atomic mass is 79.9. The number of rotatable bonds is 7. The van der Waals surface area contributed by atoms with E-state index < -0.39 is 0 Å². The quantitative estimate of drug-likeness (QED) is 0.750. The Hall–Kier alpha value is -0.880. The summed E-state index contributed by atoms with van der Waals surface area (Å²) in [5.41, 5.74) is 0.690. The van der Waals surface area contributed by atoms with Gasteiger partial charge in [0, 0.05) is 19.1 Å². The molecule has 100 valence electrons. The Bertz CT molecular complexity index is 456. The second-order valence-corrected chi connectivity index (χ2v) is 5.29. The van der Waals surface area contributed by atoms with Gasteiger partial charge in [-0.1, -0.05) is 0 Å². The number of aromatic nitrogens is 2. The highest BCUT2D eigenvalue weighted by Gasteiger charge is 2.19. The van der Waals surface area contributed by atoms with E-state index in [-0.39, 0.29) is 5.56 Å². The van der Waals surface area contributed by atoms with Gasteiger partial charge < -0.3 is 10.6 Å². The minimum atomic E-state index is -0.0846. The lowest BCUT2D eigenvalue weighted by Crippen LogP contribution is -2.24. The monoisotopic (exact) mass is 314 g/mol. The Morgan fingerprint density at radius 1 is 1.50 bits per heavy atom. The first-order valence-corrected chi connectivity index (χ1v) is 7.24. The number of halogens is 1. The van der Waals surface area contributed by atoms with E-state index >= 15 is 0 Å². The first kappa shape index (κ1) is 13.5. The van der Waals surface area contributed by atoms with E-state index in [4.69, 9.17) is 0 Å². The van der Waals surface area contributed by atoms with E-state index in [1.807, 2.05) is 6.92 Å². The predicted octanol–water partition coefficient (Wildman–Crippen LogP) is 1.58. The van der Waals surface area contributed by atoms with Gasteiger partial charge in [0.05, 0.1) is 11.9 Å². The summed E-state index contributed by atoms with van der Waals surface area (Å²) in [5.74, 6) is 0. The molecular weight excluding hydrogens is 296 g/mol. The molecule has 0 atom stereocenters. The fraction of sp³-hybridized carbons (Fsp3) is 0.667. The van der Waals surface area contributed by atoms with Gasteiger partial charge in [0.25, 0.3) is 5.56 Å². The molecule has 1 aliphatic carbocycles. The minimum Gasteiger partial charge on any atom is -0.383 e. The second kappa shape index (κ2) is 6.33. The molecule has 0 aromatic carbocycles. The van der Waals surface area contributed by atoms with E-state index in [0.717, 1.165) is 31.2 Å². The summed E-state index contributed by atoms with van der Waals surface area (Å²) >= 11 is 3.32. The topological polar surface area (TPSA) is 59.0 Å². The summed E-state index contributed by atoms with van der Waals surface area (Å²) in [6, 6.07) is 0.756. The van der Waals surface area contributed by atoms with E-state index in [9.17, 15) is 4.79 Å². The molecule has 5 nitrogen and oxygen atoms in total. The molecule has 1 aromatic heterocycles. The van der Waals surface area contributed by atoms with Crippen molar-refractivity contribution < 1.29 is 0 Å². The van der Waals surface area contributed by atoms with Gasteiger partial charge in [-0.2, -0.15) is 5.10 Å². The number of nitrogens with one attached hydrogen (secondary N) is 2. The van der Waals surface area contributed by atoms with Crippen LogP contribution in [0.4, 0.5) is 5.69 Å². The molecule has 1 saturated carbocycles. The van der Waals surface area contributed by atoms with Crippen molar-refractivity contribution >= 4 is 21.6 Å². The molecule has 2 N–H and O–H groups in total. The van der Waals surface area contributed by atoms with Gasteiger partial charge in [-0.25, -0.2) is 4.68 Å². The standard InChI is InChI=1S/C12H19BrN4O/c1-2-17-12(18)11(13)10(8-16-17)15-7-3-6-14-9-4-5-9/h8-9,14-15H,2-7H2,1H3. The van der Waals surface area contributed by atoms with Gasteiger partial charge in [0.1, 0.15) is 4.47 Å². The Labute approximate surface area is 115 Å². The van der Waals surface area contributed by atoms with Crippen LogP contribution in [-0.2, 0) is 6.54 Å². The number of nitrogens with zero attached hydrogens (tertiary/aromatic N) is 2. The van der Waals surface area contributed by atoms with Crippen molar-refractivity contribution in [3.05, 3.63) is 21.0 Å². The van der Waals surface area contributed by atoms with Crippen molar-refractivity contribution in [1.29, 1.82) is 0 Å². The Balaban J connectivity index is 1.81. The van der Waals surface area contributed by atoms with Crippen molar-refractivity contribution in [2.24, 2.45) is 0 Å². The van der Waals surface area contributed by atoms with Crippen LogP contribution < -0.4 is 16.2 Å². The number of hydrogen-bond donors (Lipinski definition) is 2. The summed E-state index contributed by atoms with van der Waals surface area (Å²) in [5, 5.41) is 10.8. The van der Waals surface area contributed by atoms with Crippen molar-refractivity contribution in [3.63, 3.8) is 0 Å². The SMILES string of the molecule is CCn1ncc(NCCCNC2CC2)c(Br)c1=O. The summed E-state index contributed by atoms with van der Waals surface area (Å²) in [6.45, 7) is 4.35. The molecule has 2 rings (SSSR count). The zero-order valence-corrected chi connectivity index (χ0v) is 12.2. The average Bonchev–Trinajstić information content (AvgIpc) is 3.18. The van der Waals surface area contributed by atoms with Crippen LogP contribution in [0.25, 0.3) is 0 Å². The van der Waals surface area contributed by atoms with Gasteiger partial charge in [0.15, 0.2) is 0 Å². The largest absolute Gasteiger partial charge is 0.383 e. The molecule has 6 heteroatoms. The molecule has 1 aliphatic rings. The van der Waals surface area contributed by atoms with E-state index in [1.54, 1.807) is 6.20 Å². The van der Waals surface area contributed by atoms with Crippen LogP contribution in [0.1, 0.15) is 26.2 Å². The smallest absolute Gasteiger partial charge is 0.283 e. The highest BCUT2D eigenvalue weighted by Crippen LogP contribution is 2.18. The molecule has 1 fully saturated rings. The summed E-state index contributed by atoms with van der Waals surface area (Å²) in [7, 11) is 0. The summed E-state index contributed by atoms with van der Waals surface area (Å²) in [6.07, 6.45) is 5.37. The van der Waals surface area contributed by atoms with Gasteiger partial charge in [-0.05, 0) is 48.7 Å². The van der Waals surface area contributed by atoms with E-state index in [1.165, 1.54) is 17.5 Å². The Morgan fingerprint density at radius 2 is 2.28 bits per heavy atom. The van der Waals surface area contributed by atoms with Crippen molar-refractivity contribution in [1.82, 2.24) is 15.1 Å². The van der Waals surface area contributed by atoms with Crippen LogP contribution in [0.5, 0.6) is 0 Å². The zero-order valence-electron chi connectivity index (χ0n) is 10.6. The van der Waals surface area contributed by atoms with Crippen molar-refractivity contribution in [2.75, 3.05) is 18.4 Å². The molecule has 0 spiro atoms. The van der Waals surface area contributed by atoms with Gasteiger partial charge in [0.2, 0.25) is 0 Å². The lowest BCUT2D eigenvalue weighted by atomic mass is 10.4.